The highest BCUT2D eigenvalue weighted by atomic mass is 32.2. The zero-order valence-electron chi connectivity index (χ0n) is 10.5. The van der Waals surface area contributed by atoms with Crippen molar-refractivity contribution >= 4 is 27.8 Å². The van der Waals surface area contributed by atoms with E-state index < -0.39 is 21.8 Å². The van der Waals surface area contributed by atoms with Crippen LogP contribution in [0.1, 0.15) is 18.4 Å². The second kappa shape index (κ2) is 5.62. The third-order valence-electron chi connectivity index (χ3n) is 2.83. The third-order valence-corrected chi connectivity index (χ3v) is 4.28. The minimum Gasteiger partial charge on any atom is -0.478 e. The quantitative estimate of drug-likeness (QED) is 0.788. The van der Waals surface area contributed by atoms with Gasteiger partial charge in [0.25, 0.3) is 0 Å². The first kappa shape index (κ1) is 14.5. The molecule has 7 heteroatoms. The molecule has 1 aliphatic rings. The standard InChI is InChI=1S/C13H14FNO4S/c14-12-5-4-11(7-10(12)3-6-13(16)17)15-20(18,19)8-9-1-2-9/h3-7,9,15H,1-2,8H2,(H,16,17)/b6-3+. The van der Waals surface area contributed by atoms with Gasteiger partial charge in [-0.1, -0.05) is 0 Å². The van der Waals surface area contributed by atoms with Crippen molar-refractivity contribution in [1.82, 2.24) is 0 Å². The van der Waals surface area contributed by atoms with Crippen LogP contribution in [0.25, 0.3) is 6.08 Å². The molecule has 0 aliphatic heterocycles. The summed E-state index contributed by atoms with van der Waals surface area (Å²) in [6, 6.07) is 3.66. The molecule has 1 saturated carbocycles. The van der Waals surface area contributed by atoms with Crippen molar-refractivity contribution in [3.05, 3.63) is 35.7 Å². The molecule has 1 aliphatic carbocycles. The number of carboxylic acids is 1. The number of anilines is 1. The van der Waals surface area contributed by atoms with Crippen LogP contribution >= 0.6 is 0 Å². The molecule has 2 rings (SSSR count). The number of carbonyl (C=O) groups is 1. The van der Waals surface area contributed by atoms with Gasteiger partial charge in [-0.15, -0.1) is 0 Å². The van der Waals surface area contributed by atoms with Crippen LogP contribution in [-0.2, 0) is 14.8 Å². The summed E-state index contributed by atoms with van der Waals surface area (Å²) in [5, 5.41) is 8.51. The Morgan fingerprint density at radius 3 is 2.75 bits per heavy atom. The average molecular weight is 299 g/mol. The Hall–Kier alpha value is -1.89. The van der Waals surface area contributed by atoms with Crippen molar-refractivity contribution in [2.75, 3.05) is 10.5 Å². The predicted molar refractivity (Wildman–Crippen MR) is 73.2 cm³/mol. The van der Waals surface area contributed by atoms with E-state index in [0.717, 1.165) is 31.1 Å². The van der Waals surface area contributed by atoms with Gasteiger partial charge in [-0.2, -0.15) is 0 Å². The van der Waals surface area contributed by atoms with E-state index in [0.29, 0.717) is 0 Å². The summed E-state index contributed by atoms with van der Waals surface area (Å²) in [5.41, 5.74) is 0.233. The van der Waals surface area contributed by atoms with Crippen LogP contribution in [0.4, 0.5) is 10.1 Å². The van der Waals surface area contributed by atoms with Crippen LogP contribution in [0, 0.1) is 11.7 Å². The number of benzene rings is 1. The van der Waals surface area contributed by atoms with Crippen molar-refractivity contribution in [3.8, 4) is 0 Å². The first-order valence-corrected chi connectivity index (χ1v) is 7.72. The van der Waals surface area contributed by atoms with Crippen LogP contribution in [0.15, 0.2) is 24.3 Å². The molecule has 0 heterocycles. The number of hydrogen-bond acceptors (Lipinski definition) is 3. The van der Waals surface area contributed by atoms with Gasteiger partial charge < -0.3 is 5.11 Å². The molecule has 2 N–H and O–H groups in total. The highest BCUT2D eigenvalue weighted by molar-refractivity contribution is 7.92. The molecule has 1 aromatic carbocycles. The van der Waals surface area contributed by atoms with Crippen molar-refractivity contribution < 1.29 is 22.7 Å². The molecule has 5 nitrogen and oxygen atoms in total. The smallest absolute Gasteiger partial charge is 0.328 e. The molecule has 0 atom stereocenters. The summed E-state index contributed by atoms with van der Waals surface area (Å²) in [7, 11) is -3.45. The maximum absolute atomic E-state index is 13.5. The Morgan fingerprint density at radius 1 is 1.45 bits per heavy atom. The number of carboxylic acid groups (broad SMARTS) is 1. The van der Waals surface area contributed by atoms with Crippen LogP contribution < -0.4 is 4.72 Å². The van der Waals surface area contributed by atoms with Gasteiger partial charge in [0, 0.05) is 17.3 Å². The predicted octanol–water partition coefficient (Wildman–Crippen LogP) is 2.08. The molecular weight excluding hydrogens is 285 g/mol. The van der Waals surface area contributed by atoms with E-state index in [4.69, 9.17) is 5.11 Å². The number of nitrogens with one attached hydrogen (secondary N) is 1. The Labute approximate surface area is 116 Å². The number of rotatable bonds is 6. The molecule has 20 heavy (non-hydrogen) atoms. The van der Waals surface area contributed by atoms with E-state index in [2.05, 4.69) is 4.72 Å². The molecular formula is C13H14FNO4S. The normalized spacial score (nSPS) is 15.4. The number of aliphatic carboxylic acids is 1. The minimum atomic E-state index is -3.45. The molecule has 108 valence electrons. The number of halogens is 1. The zero-order valence-corrected chi connectivity index (χ0v) is 11.4. The Bertz CT molecular complexity index is 650. The van der Waals surface area contributed by atoms with Gasteiger partial charge in [-0.3, -0.25) is 4.72 Å². The van der Waals surface area contributed by atoms with Crippen molar-refractivity contribution in [1.29, 1.82) is 0 Å². The van der Waals surface area contributed by atoms with E-state index in [1.54, 1.807) is 0 Å². The third kappa shape index (κ3) is 4.34. The second-order valence-electron chi connectivity index (χ2n) is 4.73. The molecule has 0 unspecified atom stereocenters. The van der Waals surface area contributed by atoms with Crippen molar-refractivity contribution in [2.24, 2.45) is 5.92 Å². The summed E-state index contributed by atoms with van der Waals surface area (Å²) in [4.78, 5) is 10.4. The lowest BCUT2D eigenvalue weighted by Gasteiger charge is -2.08. The largest absolute Gasteiger partial charge is 0.478 e. The summed E-state index contributed by atoms with van der Waals surface area (Å²) in [5.74, 6) is -1.55. The molecule has 0 amide bonds. The van der Waals surface area contributed by atoms with Crippen molar-refractivity contribution in [2.45, 2.75) is 12.8 Å². The lowest BCUT2D eigenvalue weighted by atomic mass is 10.2. The van der Waals surface area contributed by atoms with Gasteiger partial charge in [0.1, 0.15) is 5.82 Å². The van der Waals surface area contributed by atoms with Gasteiger partial charge in [0.2, 0.25) is 10.0 Å². The Balaban J connectivity index is 2.16. The van der Waals surface area contributed by atoms with E-state index in [1.807, 2.05) is 0 Å². The molecule has 0 saturated heterocycles. The van der Waals surface area contributed by atoms with Crippen LogP contribution in [-0.4, -0.2) is 25.2 Å². The van der Waals surface area contributed by atoms with Gasteiger partial charge in [0.15, 0.2) is 0 Å². The van der Waals surface area contributed by atoms with Gasteiger partial charge in [-0.25, -0.2) is 17.6 Å². The fourth-order valence-corrected chi connectivity index (χ4v) is 3.24. The lowest BCUT2D eigenvalue weighted by molar-refractivity contribution is -0.131. The van der Waals surface area contributed by atoms with Crippen molar-refractivity contribution in [3.63, 3.8) is 0 Å². The van der Waals surface area contributed by atoms with Gasteiger partial charge in [0.05, 0.1) is 5.75 Å². The topological polar surface area (TPSA) is 83.5 Å². The van der Waals surface area contributed by atoms with Gasteiger partial charge in [-0.05, 0) is 43.0 Å². The molecule has 0 spiro atoms. The molecule has 1 fully saturated rings. The lowest BCUT2D eigenvalue weighted by Crippen LogP contribution is -2.17. The zero-order chi connectivity index (χ0) is 14.8. The maximum Gasteiger partial charge on any atom is 0.328 e. The fourth-order valence-electron chi connectivity index (χ4n) is 1.71. The highest BCUT2D eigenvalue weighted by Gasteiger charge is 2.28. The molecule has 0 aromatic heterocycles. The Kier molecular flexibility index (Phi) is 4.08. The summed E-state index contributed by atoms with van der Waals surface area (Å²) in [6.07, 6.45) is 3.70. The first-order valence-electron chi connectivity index (χ1n) is 6.07. The average Bonchev–Trinajstić information content (AvgIpc) is 3.12. The van der Waals surface area contributed by atoms with Crippen LogP contribution in [0.2, 0.25) is 0 Å². The maximum atomic E-state index is 13.5. The summed E-state index contributed by atoms with van der Waals surface area (Å²) < 4.78 is 39.4. The van der Waals surface area contributed by atoms with Crippen LogP contribution in [0.5, 0.6) is 0 Å². The summed E-state index contributed by atoms with van der Waals surface area (Å²) in [6.45, 7) is 0. The second-order valence-corrected chi connectivity index (χ2v) is 6.50. The van der Waals surface area contributed by atoms with E-state index in [-0.39, 0.29) is 22.9 Å². The fraction of sp³-hybridized carbons (Fsp3) is 0.308. The molecule has 0 radical (unpaired) electrons. The Morgan fingerprint density at radius 2 is 2.15 bits per heavy atom. The summed E-state index contributed by atoms with van der Waals surface area (Å²) >= 11 is 0. The van der Waals surface area contributed by atoms with E-state index in [9.17, 15) is 17.6 Å². The molecule has 0 bridgehead atoms. The van der Waals surface area contributed by atoms with E-state index in [1.165, 1.54) is 12.1 Å². The first-order chi connectivity index (χ1) is 9.35. The van der Waals surface area contributed by atoms with E-state index >= 15 is 0 Å². The monoisotopic (exact) mass is 299 g/mol. The minimum absolute atomic E-state index is 0.0130. The number of hydrogen-bond donors (Lipinski definition) is 2. The highest BCUT2D eigenvalue weighted by Crippen LogP contribution is 2.30. The number of sulfonamides is 1. The molecule has 1 aromatic rings. The van der Waals surface area contributed by atoms with Gasteiger partial charge >= 0.3 is 5.97 Å². The van der Waals surface area contributed by atoms with Crippen LogP contribution in [0.3, 0.4) is 0 Å². The SMILES string of the molecule is O=C(O)/C=C/c1cc(NS(=O)(=O)CC2CC2)ccc1F.